The summed E-state index contributed by atoms with van der Waals surface area (Å²) in [6.07, 6.45) is 5.81. The molecule has 1 saturated carbocycles. The normalized spacial score (nSPS) is 19.5. The van der Waals surface area contributed by atoms with E-state index in [4.69, 9.17) is 9.97 Å². The van der Waals surface area contributed by atoms with Crippen molar-refractivity contribution >= 4 is 22.7 Å². The molecule has 2 aromatic carbocycles. The SMILES string of the molecule is CC(CNC1CCC(Nc2nc(N(C)C)c3ccccc3n2)CC1)Cc1ccc(C(C)(C)C)cc1. The first-order valence-corrected chi connectivity index (χ1v) is 13.2. The maximum atomic E-state index is 4.82. The van der Waals surface area contributed by atoms with Crippen LogP contribution < -0.4 is 15.5 Å². The summed E-state index contributed by atoms with van der Waals surface area (Å²) in [6.45, 7) is 10.2. The van der Waals surface area contributed by atoms with Gasteiger partial charge in [-0.15, -0.1) is 0 Å². The standard InChI is InChI=1S/C30H43N5/c1-21(19-22-11-13-23(14-12-22)30(2,3)4)20-31-24-15-17-25(18-16-24)32-29-33-27-10-8-7-9-26(27)28(34-29)35(5)6/h7-14,21,24-25,31H,15-20H2,1-6H3,(H,32,33,34). The van der Waals surface area contributed by atoms with Crippen LogP contribution in [0.25, 0.3) is 10.9 Å². The summed E-state index contributed by atoms with van der Waals surface area (Å²) in [5, 5.41) is 8.56. The summed E-state index contributed by atoms with van der Waals surface area (Å²) < 4.78 is 0. The van der Waals surface area contributed by atoms with E-state index in [2.05, 4.69) is 79.6 Å². The van der Waals surface area contributed by atoms with Crippen molar-refractivity contribution in [2.24, 2.45) is 5.92 Å². The fraction of sp³-hybridized carbons (Fsp3) is 0.533. The Hall–Kier alpha value is -2.66. The molecule has 5 heteroatoms. The van der Waals surface area contributed by atoms with Crippen molar-refractivity contribution in [3.05, 3.63) is 59.7 Å². The van der Waals surface area contributed by atoms with Gasteiger partial charge in [-0.25, -0.2) is 4.98 Å². The van der Waals surface area contributed by atoms with Crippen molar-refractivity contribution < 1.29 is 0 Å². The van der Waals surface area contributed by atoms with Crippen LogP contribution in [0.4, 0.5) is 11.8 Å². The predicted octanol–water partition coefficient (Wildman–Crippen LogP) is 6.18. The first-order valence-electron chi connectivity index (χ1n) is 13.2. The average Bonchev–Trinajstić information content (AvgIpc) is 2.83. The van der Waals surface area contributed by atoms with E-state index in [9.17, 15) is 0 Å². The molecule has 3 aromatic rings. The second-order valence-corrected chi connectivity index (χ2v) is 11.6. The van der Waals surface area contributed by atoms with Crippen LogP contribution in [0, 0.1) is 5.92 Å². The van der Waals surface area contributed by atoms with Crippen LogP contribution in [0.15, 0.2) is 48.5 Å². The van der Waals surface area contributed by atoms with Gasteiger partial charge in [0.1, 0.15) is 5.82 Å². The summed E-state index contributed by atoms with van der Waals surface area (Å²) in [4.78, 5) is 11.7. The Labute approximate surface area is 211 Å². The number of nitrogens with zero attached hydrogens (tertiary/aromatic N) is 3. The molecule has 1 unspecified atom stereocenters. The van der Waals surface area contributed by atoms with Gasteiger partial charge in [0.2, 0.25) is 5.95 Å². The van der Waals surface area contributed by atoms with Crippen molar-refractivity contribution in [2.75, 3.05) is 30.9 Å². The molecule has 0 radical (unpaired) electrons. The lowest BCUT2D eigenvalue weighted by Gasteiger charge is -2.31. The topological polar surface area (TPSA) is 53.1 Å². The van der Waals surface area contributed by atoms with Gasteiger partial charge in [-0.1, -0.05) is 64.1 Å². The summed E-state index contributed by atoms with van der Waals surface area (Å²) in [5.74, 6) is 2.34. The average molecular weight is 474 g/mol. The van der Waals surface area contributed by atoms with Gasteiger partial charge < -0.3 is 15.5 Å². The summed E-state index contributed by atoms with van der Waals surface area (Å²) in [5.41, 5.74) is 4.05. The Morgan fingerprint density at radius 1 is 0.914 bits per heavy atom. The van der Waals surface area contributed by atoms with Gasteiger partial charge in [-0.05, 0) is 73.2 Å². The van der Waals surface area contributed by atoms with Crippen LogP contribution in [0.3, 0.4) is 0 Å². The van der Waals surface area contributed by atoms with Crippen molar-refractivity contribution in [1.29, 1.82) is 0 Å². The molecular weight excluding hydrogens is 430 g/mol. The maximum Gasteiger partial charge on any atom is 0.225 e. The highest BCUT2D eigenvalue weighted by molar-refractivity contribution is 5.90. The van der Waals surface area contributed by atoms with Crippen LogP contribution in [-0.4, -0.2) is 42.7 Å². The van der Waals surface area contributed by atoms with Crippen LogP contribution in [-0.2, 0) is 11.8 Å². The second kappa shape index (κ2) is 10.9. The van der Waals surface area contributed by atoms with Crippen molar-refractivity contribution in [3.8, 4) is 0 Å². The molecule has 188 valence electrons. The lowest BCUT2D eigenvalue weighted by Crippen LogP contribution is -2.39. The van der Waals surface area contributed by atoms with Crippen LogP contribution in [0.1, 0.15) is 64.5 Å². The number of benzene rings is 2. The zero-order valence-corrected chi connectivity index (χ0v) is 22.4. The summed E-state index contributed by atoms with van der Waals surface area (Å²) >= 11 is 0. The molecule has 0 saturated heterocycles. The third kappa shape index (κ3) is 6.72. The largest absolute Gasteiger partial charge is 0.362 e. The number of anilines is 2. The monoisotopic (exact) mass is 473 g/mol. The lowest BCUT2D eigenvalue weighted by molar-refractivity contribution is 0.336. The van der Waals surface area contributed by atoms with Gasteiger partial charge in [0, 0.05) is 31.6 Å². The molecule has 0 amide bonds. The molecule has 1 aliphatic rings. The van der Waals surface area contributed by atoms with E-state index in [-0.39, 0.29) is 5.41 Å². The molecule has 1 aromatic heterocycles. The van der Waals surface area contributed by atoms with E-state index in [1.54, 1.807) is 0 Å². The number of hydrogen-bond donors (Lipinski definition) is 2. The second-order valence-electron chi connectivity index (χ2n) is 11.6. The first-order chi connectivity index (χ1) is 16.7. The molecule has 5 nitrogen and oxygen atoms in total. The molecular formula is C30H43N5. The van der Waals surface area contributed by atoms with Crippen molar-refractivity contribution in [2.45, 2.75) is 77.3 Å². The smallest absolute Gasteiger partial charge is 0.225 e. The van der Waals surface area contributed by atoms with Crippen LogP contribution >= 0.6 is 0 Å². The molecule has 1 fully saturated rings. The van der Waals surface area contributed by atoms with E-state index in [0.29, 0.717) is 18.0 Å². The minimum absolute atomic E-state index is 0.217. The minimum atomic E-state index is 0.217. The zero-order valence-electron chi connectivity index (χ0n) is 22.4. The number of para-hydroxylation sites is 1. The Morgan fingerprint density at radius 3 is 2.23 bits per heavy atom. The Kier molecular flexibility index (Phi) is 7.95. The molecule has 1 aliphatic carbocycles. The quantitative estimate of drug-likeness (QED) is 0.409. The van der Waals surface area contributed by atoms with Gasteiger partial charge >= 0.3 is 0 Å². The zero-order chi connectivity index (χ0) is 25.0. The molecule has 1 atom stereocenters. The highest BCUT2D eigenvalue weighted by Gasteiger charge is 2.22. The highest BCUT2D eigenvalue weighted by atomic mass is 15.2. The molecule has 1 heterocycles. The van der Waals surface area contributed by atoms with E-state index in [0.717, 1.165) is 48.5 Å². The van der Waals surface area contributed by atoms with Crippen molar-refractivity contribution in [1.82, 2.24) is 15.3 Å². The number of aromatic nitrogens is 2. The van der Waals surface area contributed by atoms with Gasteiger partial charge in [-0.2, -0.15) is 4.98 Å². The molecule has 0 spiro atoms. The third-order valence-electron chi connectivity index (χ3n) is 7.23. The first kappa shape index (κ1) is 25.4. The molecule has 4 rings (SSSR count). The van der Waals surface area contributed by atoms with Gasteiger partial charge in [0.05, 0.1) is 5.52 Å². The predicted molar refractivity (Wildman–Crippen MR) is 150 cm³/mol. The van der Waals surface area contributed by atoms with E-state index >= 15 is 0 Å². The van der Waals surface area contributed by atoms with Gasteiger partial charge in [0.15, 0.2) is 0 Å². The van der Waals surface area contributed by atoms with Crippen LogP contribution in [0.2, 0.25) is 0 Å². The van der Waals surface area contributed by atoms with Gasteiger partial charge in [0.25, 0.3) is 0 Å². The van der Waals surface area contributed by atoms with E-state index in [1.807, 2.05) is 26.2 Å². The Bertz CT molecular complexity index is 1090. The fourth-order valence-corrected chi connectivity index (χ4v) is 5.07. The number of rotatable bonds is 8. The summed E-state index contributed by atoms with van der Waals surface area (Å²) in [6, 6.07) is 18.5. The molecule has 35 heavy (non-hydrogen) atoms. The van der Waals surface area contributed by atoms with Crippen molar-refractivity contribution in [3.63, 3.8) is 0 Å². The molecule has 2 N–H and O–H groups in total. The molecule has 0 aliphatic heterocycles. The fourth-order valence-electron chi connectivity index (χ4n) is 5.07. The highest BCUT2D eigenvalue weighted by Crippen LogP contribution is 2.27. The summed E-state index contributed by atoms with van der Waals surface area (Å²) in [7, 11) is 4.08. The Balaban J connectivity index is 1.24. The number of nitrogens with one attached hydrogen (secondary N) is 2. The van der Waals surface area contributed by atoms with Crippen LogP contribution in [0.5, 0.6) is 0 Å². The third-order valence-corrected chi connectivity index (χ3v) is 7.23. The number of fused-ring (bicyclic) bond motifs is 1. The van der Waals surface area contributed by atoms with Gasteiger partial charge in [-0.3, -0.25) is 0 Å². The van der Waals surface area contributed by atoms with E-state index < -0.39 is 0 Å². The minimum Gasteiger partial charge on any atom is -0.362 e. The lowest BCUT2D eigenvalue weighted by atomic mass is 9.86. The maximum absolute atomic E-state index is 4.82. The number of hydrogen-bond acceptors (Lipinski definition) is 5. The molecule has 0 bridgehead atoms. The van der Waals surface area contributed by atoms with E-state index in [1.165, 1.54) is 24.0 Å². The Morgan fingerprint density at radius 2 is 1.57 bits per heavy atom.